The third-order valence-electron chi connectivity index (χ3n) is 36.5. The highest BCUT2D eigenvalue weighted by atomic mass is 16.5. The first-order valence-corrected chi connectivity index (χ1v) is 48.2. The number of fused-ring (bicyclic) bond motifs is 18. The number of esters is 1. The molecule has 8 unspecified atom stereocenters. The smallest absolute Gasteiger partial charge is 0.303 e. The summed E-state index contributed by atoms with van der Waals surface area (Å²) >= 11 is 0. The maximum atomic E-state index is 13.7. The molecule has 16 rings (SSSR count). The molecule has 0 bridgehead atoms. The minimum atomic E-state index is -1.49. The molecule has 0 aromatic rings. The lowest BCUT2D eigenvalue weighted by atomic mass is 9.48. The van der Waals surface area contributed by atoms with E-state index in [4.69, 9.17) is 18.9 Å². The fourth-order valence-electron chi connectivity index (χ4n) is 28.8. The summed E-state index contributed by atoms with van der Waals surface area (Å²) < 4.78 is 22.0. The fourth-order valence-corrected chi connectivity index (χ4v) is 28.8. The monoisotopic (exact) mass is 1680 g/mol. The highest BCUT2D eigenvalue weighted by molar-refractivity contribution is 6.02. The first kappa shape index (κ1) is 93.6. The van der Waals surface area contributed by atoms with E-state index < -0.39 is 39.0 Å². The van der Waals surface area contributed by atoms with Gasteiger partial charge in [-0.15, -0.1) is 0 Å². The van der Waals surface area contributed by atoms with Gasteiger partial charge in [0.25, 0.3) is 0 Å². The maximum absolute atomic E-state index is 13.7. The van der Waals surface area contributed by atoms with E-state index in [0.717, 1.165) is 161 Å². The number of unbranched alkanes of at least 4 members (excludes halogenated alkanes) is 3. The van der Waals surface area contributed by atoms with Crippen molar-refractivity contribution >= 4 is 52.2 Å². The Hall–Kier alpha value is -6.01. The lowest BCUT2D eigenvalue weighted by molar-refractivity contribution is -0.171. The number of carbonyl (C=O) groups is 9. The molecule has 0 radical (unpaired) electrons. The van der Waals surface area contributed by atoms with Crippen molar-refractivity contribution in [2.45, 2.75) is 326 Å². The van der Waals surface area contributed by atoms with Gasteiger partial charge in [-0.25, -0.2) is 0 Å². The second-order valence-corrected chi connectivity index (χ2v) is 42.5. The van der Waals surface area contributed by atoms with Crippen molar-refractivity contribution in [2.75, 3.05) is 46.2 Å². The number of ketones is 8. The Balaban J connectivity index is 0.000000141. The summed E-state index contributed by atoms with van der Waals surface area (Å²) in [6, 6.07) is 0. The second-order valence-electron chi connectivity index (χ2n) is 42.5. The third-order valence-corrected chi connectivity index (χ3v) is 36.5. The number of hydrogen-bond acceptors (Lipinski definition) is 16. The highest BCUT2D eigenvalue weighted by Crippen LogP contribution is 2.71. The Labute approximate surface area is 729 Å². The van der Waals surface area contributed by atoms with Crippen molar-refractivity contribution in [3.63, 3.8) is 0 Å². The quantitative estimate of drug-likeness (QED) is 0.0461. The second kappa shape index (κ2) is 36.6. The standard InChI is InChI=1S/C29H38O5.C27H42O4.C26H36O4.C24H34O3/c1-18(30)34-17-26(32)29(33)24(19-7-5-4-6-8-19)16-25-22-10-9-20-15-21(31)11-13-27(20,2)23(22)12-14-28(25,29)3;1-6-8-9-16-31-18-24(29)27(30,7-2)26(5)15-13-23-22(19(26)3)11-10-20-17-21(28)12-14-25(20,23)4;1-5-6-13-30-16-23(28)26(29)17(2)14-22-20-8-7-18-15-19(27)9-11-24(18,3)21(20)10-12-25(22,26)4;1-4-13-27-15-22(26)21-8-7-19-18-6-5-16-14-17(25)9-11-23(16,2)20(18)10-12-24(19,21)3/h11-13,15,19,22,24-25,33H,4-10,14,16-17H2,1-3H3;13,17,19,22,30H,6-12,14-16,18H2,1-5H3;9-11,15,17,20,22,29H,5-8,12-14,16H2,1-4H3;10,14,18-19,21H,4-9,11-13,15H2,1-3H3/t22?,24-,25?,27-,28-,29-;19?,22?,25-,26-,27-;17-,20?,22?,24+,25+,26+;18?,19?,21-,23+,24+/m0011/s1. The van der Waals surface area contributed by atoms with Crippen LogP contribution in [-0.2, 0) is 62.1 Å². The maximum Gasteiger partial charge on any atom is 0.303 e. The van der Waals surface area contributed by atoms with Crippen LogP contribution >= 0.6 is 0 Å². The zero-order valence-electron chi connectivity index (χ0n) is 77.1. The van der Waals surface area contributed by atoms with Crippen molar-refractivity contribution in [2.24, 2.45) is 114 Å². The first-order chi connectivity index (χ1) is 57.8. The Kier molecular flexibility index (Phi) is 28.1. The van der Waals surface area contributed by atoms with Gasteiger partial charge in [0, 0.05) is 83.4 Å². The number of Topliss-reactive ketones (excluding diaryl/α,β-unsaturated/α-hetero) is 4. The molecule has 0 aliphatic heterocycles. The van der Waals surface area contributed by atoms with Gasteiger partial charge in [0.15, 0.2) is 47.1 Å². The van der Waals surface area contributed by atoms with Gasteiger partial charge >= 0.3 is 5.97 Å². The Bertz CT molecular complexity index is 4390. The van der Waals surface area contributed by atoms with Gasteiger partial charge in [-0.3, -0.25) is 43.2 Å². The van der Waals surface area contributed by atoms with Crippen molar-refractivity contribution in [3.8, 4) is 0 Å². The fraction of sp³-hybridized carbons (Fsp3) is 0.726. The summed E-state index contributed by atoms with van der Waals surface area (Å²) in [5.74, 6) is 2.95. The van der Waals surface area contributed by atoms with Gasteiger partial charge in [-0.2, -0.15) is 0 Å². The number of allylic oxidation sites excluding steroid dienone is 20. The molecule has 0 aromatic heterocycles. The predicted molar refractivity (Wildman–Crippen MR) is 475 cm³/mol. The van der Waals surface area contributed by atoms with E-state index in [0.29, 0.717) is 99.5 Å². The zero-order valence-corrected chi connectivity index (χ0v) is 77.1. The number of rotatable bonds is 24. The molecule has 16 aliphatic carbocycles. The Morgan fingerprint density at radius 3 is 1.52 bits per heavy atom. The summed E-state index contributed by atoms with van der Waals surface area (Å²) in [5, 5.41) is 36.0. The zero-order chi connectivity index (χ0) is 88.1. The predicted octanol–water partition coefficient (Wildman–Crippen LogP) is 20.1. The van der Waals surface area contributed by atoms with Crippen LogP contribution in [0.3, 0.4) is 0 Å². The van der Waals surface area contributed by atoms with Gasteiger partial charge in [-0.1, -0.05) is 215 Å². The lowest BCUT2D eigenvalue weighted by Gasteiger charge is -2.57. The topological polar surface area (TPSA) is 251 Å². The number of aliphatic hydroxyl groups is 3. The van der Waals surface area contributed by atoms with E-state index in [9.17, 15) is 58.5 Å². The molecule has 8 fully saturated rings. The molecular weight excluding hydrogens is 1530 g/mol. The summed E-state index contributed by atoms with van der Waals surface area (Å²) in [6.07, 6.45) is 54.3. The Morgan fingerprint density at radius 2 is 0.967 bits per heavy atom. The van der Waals surface area contributed by atoms with Crippen LogP contribution in [0.2, 0.25) is 0 Å². The number of carbonyl (C=O) groups excluding carboxylic acids is 9. The molecule has 0 amide bonds. The normalized spacial score (nSPS) is 39.8. The van der Waals surface area contributed by atoms with Gasteiger partial charge in [0.2, 0.25) is 5.78 Å². The minimum Gasteiger partial charge on any atom is -0.458 e. The van der Waals surface area contributed by atoms with E-state index >= 15 is 0 Å². The average Bonchev–Trinajstić information content (AvgIpc) is 1.59. The summed E-state index contributed by atoms with van der Waals surface area (Å²) in [5.41, 5.74) is 4.68. The first-order valence-electron chi connectivity index (χ1n) is 48.2. The van der Waals surface area contributed by atoms with Crippen LogP contribution in [-0.4, -0.2) is 131 Å². The van der Waals surface area contributed by atoms with E-state index in [-0.39, 0.29) is 130 Å². The van der Waals surface area contributed by atoms with E-state index in [1.807, 2.05) is 38.2 Å². The molecule has 3 N–H and O–H groups in total. The number of ether oxygens (including phenoxy) is 4. The van der Waals surface area contributed by atoms with E-state index in [1.54, 1.807) is 17.7 Å². The van der Waals surface area contributed by atoms with Crippen molar-refractivity contribution in [3.05, 3.63) is 117 Å². The van der Waals surface area contributed by atoms with Gasteiger partial charge in [0.1, 0.15) is 36.6 Å². The van der Waals surface area contributed by atoms with Crippen LogP contribution in [0, 0.1) is 114 Å². The van der Waals surface area contributed by atoms with E-state index in [1.165, 1.54) is 52.4 Å². The highest BCUT2D eigenvalue weighted by Gasteiger charge is 2.71. The van der Waals surface area contributed by atoms with Gasteiger partial charge in [-0.05, 0) is 262 Å². The molecular formula is C106H150O16. The molecule has 0 saturated heterocycles. The molecule has 16 nitrogen and oxygen atoms in total. The van der Waals surface area contributed by atoms with Gasteiger partial charge < -0.3 is 34.3 Å². The molecule has 122 heavy (non-hydrogen) atoms. The van der Waals surface area contributed by atoms with Crippen LogP contribution < -0.4 is 0 Å². The van der Waals surface area contributed by atoms with Crippen LogP contribution in [0.1, 0.15) is 309 Å². The summed E-state index contributed by atoms with van der Waals surface area (Å²) in [7, 11) is 0. The van der Waals surface area contributed by atoms with Crippen LogP contribution in [0.15, 0.2) is 117 Å². The third kappa shape index (κ3) is 16.2. The molecule has 0 heterocycles. The SMILES string of the molecule is CC(=O)OCC(=O)[C@@]1(O)[C@H](C2CCCCC2)CC2C3CCC4=CC(=O)C=C[C@]4(C)C3=CC[C@@]21C.CCCCCOCC(=O)[C@@](O)(CC)[C@@]1(C)CC=C2C(CCC3=CC(=O)CC[C@@]32C)C1C.CCCCOCC(=O)[C@@]1(O)[C@H](C)CC2C3CCC4=CC(=O)C=C[C@]4(C)C3=CC[C@@]21C.CCCOCC(=O)[C@H]1CCC2C3CCC4=CC(=O)CC[C@]4(C)C3=CC[C@@]21C. The van der Waals surface area contributed by atoms with Crippen molar-refractivity contribution < 1.29 is 77.4 Å². The molecule has 16 aliphatic rings. The van der Waals surface area contributed by atoms with Crippen LogP contribution in [0.25, 0.3) is 0 Å². The lowest BCUT2D eigenvalue weighted by Crippen LogP contribution is -2.59. The Morgan fingerprint density at radius 1 is 0.475 bits per heavy atom. The summed E-state index contributed by atoms with van der Waals surface area (Å²) in [4.78, 5) is 112. The number of hydrogen-bond donors (Lipinski definition) is 3. The van der Waals surface area contributed by atoms with Gasteiger partial charge in [0.05, 0.1) is 0 Å². The largest absolute Gasteiger partial charge is 0.458 e. The molecule has 16 heteroatoms. The van der Waals surface area contributed by atoms with Crippen LogP contribution in [0.4, 0.5) is 0 Å². The average molecular weight is 1680 g/mol. The van der Waals surface area contributed by atoms with Crippen molar-refractivity contribution in [1.82, 2.24) is 0 Å². The molecule has 0 aromatic carbocycles. The van der Waals surface area contributed by atoms with E-state index in [2.05, 4.69) is 120 Å². The molecule has 8 saturated carbocycles. The minimum absolute atomic E-state index is 0.000160. The summed E-state index contributed by atoms with van der Waals surface area (Å²) in [6.45, 7) is 33.3. The molecule has 22 atom stereocenters. The molecule has 670 valence electrons. The van der Waals surface area contributed by atoms with Crippen molar-refractivity contribution in [1.29, 1.82) is 0 Å². The van der Waals surface area contributed by atoms with Crippen LogP contribution in [0.5, 0.6) is 0 Å². The molecule has 0 spiro atoms.